The summed E-state index contributed by atoms with van der Waals surface area (Å²) in [6.07, 6.45) is -4.67. The van der Waals surface area contributed by atoms with Crippen molar-refractivity contribution in [2.45, 2.75) is 51.4 Å². The van der Waals surface area contributed by atoms with Crippen molar-refractivity contribution in [1.82, 2.24) is 5.32 Å². The van der Waals surface area contributed by atoms with Gasteiger partial charge in [-0.2, -0.15) is 0 Å². The van der Waals surface area contributed by atoms with Crippen LogP contribution in [0.3, 0.4) is 0 Å². The first-order valence-electron chi connectivity index (χ1n) is 7.47. The maximum Gasteiger partial charge on any atom is 0.223 e. The number of benzene rings is 1. The monoisotopic (exact) mass is 325 g/mol. The second kappa shape index (κ2) is 7.27. The lowest BCUT2D eigenvalue weighted by molar-refractivity contribution is -0.244. The van der Waals surface area contributed by atoms with Gasteiger partial charge >= 0.3 is 0 Å². The van der Waals surface area contributed by atoms with E-state index in [4.69, 9.17) is 9.47 Å². The number of aryl methyl sites for hydroxylation is 2. The molecular formula is C16H23NO6. The summed E-state index contributed by atoms with van der Waals surface area (Å²) in [5.74, 6) is 0.190. The lowest BCUT2D eigenvalue weighted by atomic mass is 9.97. The fourth-order valence-electron chi connectivity index (χ4n) is 2.67. The van der Waals surface area contributed by atoms with Crippen molar-refractivity contribution in [1.29, 1.82) is 0 Å². The number of rotatable bonds is 4. The average Bonchev–Trinajstić information content (AvgIpc) is 2.49. The average molecular weight is 325 g/mol. The quantitative estimate of drug-likeness (QED) is 0.601. The predicted octanol–water partition coefficient (Wildman–Crippen LogP) is -0.374. The summed E-state index contributed by atoms with van der Waals surface area (Å²) in [5, 5.41) is 32.0. The highest BCUT2D eigenvalue weighted by Gasteiger charge is 2.46. The van der Waals surface area contributed by atoms with E-state index < -0.39 is 37.3 Å². The maximum atomic E-state index is 11.4. The molecule has 1 fully saturated rings. The predicted molar refractivity (Wildman–Crippen MR) is 81.9 cm³/mol. The Morgan fingerprint density at radius 3 is 2.39 bits per heavy atom. The van der Waals surface area contributed by atoms with Gasteiger partial charge in [0, 0.05) is 6.92 Å². The molecule has 1 aliphatic heterocycles. The minimum Gasteiger partial charge on any atom is -0.462 e. The molecule has 1 aliphatic rings. The second-order valence-corrected chi connectivity index (χ2v) is 5.77. The highest BCUT2D eigenvalue weighted by Crippen LogP contribution is 2.28. The van der Waals surface area contributed by atoms with Crippen LogP contribution in [0, 0.1) is 13.8 Å². The summed E-state index contributed by atoms with van der Waals surface area (Å²) >= 11 is 0. The molecule has 23 heavy (non-hydrogen) atoms. The number of hydrogen-bond acceptors (Lipinski definition) is 6. The van der Waals surface area contributed by atoms with Gasteiger partial charge in [0.1, 0.15) is 30.1 Å². The highest BCUT2D eigenvalue weighted by atomic mass is 16.7. The molecule has 7 nitrogen and oxygen atoms in total. The molecular weight excluding hydrogens is 302 g/mol. The van der Waals surface area contributed by atoms with Gasteiger partial charge in [0.15, 0.2) is 0 Å². The molecule has 1 aromatic rings. The molecule has 1 amide bonds. The Hall–Kier alpha value is -1.67. The van der Waals surface area contributed by atoms with Crippen LogP contribution < -0.4 is 10.1 Å². The van der Waals surface area contributed by atoms with Crippen molar-refractivity contribution < 1.29 is 29.6 Å². The van der Waals surface area contributed by atoms with Gasteiger partial charge in [-0.1, -0.05) is 18.2 Å². The lowest BCUT2D eigenvalue weighted by Crippen LogP contribution is -2.65. The number of aliphatic hydroxyl groups excluding tert-OH is 3. The van der Waals surface area contributed by atoms with Crippen LogP contribution in [-0.2, 0) is 9.53 Å². The topological polar surface area (TPSA) is 108 Å². The van der Waals surface area contributed by atoms with Crippen molar-refractivity contribution in [3.63, 3.8) is 0 Å². The zero-order valence-electron chi connectivity index (χ0n) is 13.4. The lowest BCUT2D eigenvalue weighted by Gasteiger charge is -2.42. The number of ether oxygens (including phenoxy) is 2. The molecule has 5 atom stereocenters. The minimum absolute atomic E-state index is 0.387. The maximum absolute atomic E-state index is 11.4. The fraction of sp³-hybridized carbons (Fsp3) is 0.562. The number of carbonyl (C=O) groups excluding carboxylic acids is 1. The third kappa shape index (κ3) is 3.81. The van der Waals surface area contributed by atoms with Gasteiger partial charge in [0.05, 0.1) is 6.61 Å². The van der Waals surface area contributed by atoms with Gasteiger partial charge in [-0.3, -0.25) is 4.79 Å². The third-order valence-electron chi connectivity index (χ3n) is 3.89. The Kier molecular flexibility index (Phi) is 5.59. The Labute approximate surface area is 134 Å². The van der Waals surface area contributed by atoms with Gasteiger partial charge in [-0.25, -0.2) is 0 Å². The fourth-order valence-corrected chi connectivity index (χ4v) is 2.67. The number of nitrogens with one attached hydrogen (secondary N) is 1. The molecule has 0 bridgehead atoms. The summed E-state index contributed by atoms with van der Waals surface area (Å²) in [4.78, 5) is 11.4. The number of aliphatic hydroxyl groups is 3. The molecule has 0 radical (unpaired) electrons. The zero-order valence-corrected chi connectivity index (χ0v) is 13.4. The Morgan fingerprint density at radius 2 is 1.87 bits per heavy atom. The van der Waals surface area contributed by atoms with Crippen molar-refractivity contribution in [3.8, 4) is 5.75 Å². The van der Waals surface area contributed by atoms with E-state index in [-0.39, 0.29) is 5.91 Å². The highest BCUT2D eigenvalue weighted by molar-refractivity contribution is 5.73. The molecule has 0 saturated carbocycles. The number of carbonyl (C=O) groups is 1. The van der Waals surface area contributed by atoms with Crippen LogP contribution in [0.1, 0.15) is 18.1 Å². The first-order chi connectivity index (χ1) is 10.8. The van der Waals surface area contributed by atoms with Crippen LogP contribution in [0.25, 0.3) is 0 Å². The van der Waals surface area contributed by atoms with Gasteiger partial charge in [0.25, 0.3) is 0 Å². The Bertz CT molecular complexity index is 543. The molecule has 0 spiro atoms. The van der Waals surface area contributed by atoms with E-state index >= 15 is 0 Å². The molecule has 4 N–H and O–H groups in total. The van der Waals surface area contributed by atoms with Crippen LogP contribution in [0.15, 0.2) is 18.2 Å². The summed E-state index contributed by atoms with van der Waals surface area (Å²) in [5.41, 5.74) is 1.74. The van der Waals surface area contributed by atoms with Crippen molar-refractivity contribution in [3.05, 3.63) is 29.3 Å². The van der Waals surface area contributed by atoms with Crippen LogP contribution in [-0.4, -0.2) is 58.5 Å². The SMILES string of the molecule is CC(=O)N[C@@H]1[C@H](Oc2c(C)cccc2C)O[C@H](CO)[C@@H](O)[C@H]1O. The van der Waals surface area contributed by atoms with Gasteiger partial charge in [-0.15, -0.1) is 0 Å². The smallest absolute Gasteiger partial charge is 0.223 e. The molecule has 0 aliphatic carbocycles. The second-order valence-electron chi connectivity index (χ2n) is 5.77. The van der Waals surface area contributed by atoms with Crippen LogP contribution in [0.5, 0.6) is 5.75 Å². The van der Waals surface area contributed by atoms with Crippen LogP contribution >= 0.6 is 0 Å². The van der Waals surface area contributed by atoms with Crippen molar-refractivity contribution in [2.75, 3.05) is 6.61 Å². The van der Waals surface area contributed by atoms with E-state index in [0.717, 1.165) is 11.1 Å². The molecule has 1 aromatic carbocycles. The number of hydrogen-bond donors (Lipinski definition) is 4. The largest absolute Gasteiger partial charge is 0.462 e. The molecule has 2 rings (SSSR count). The van der Waals surface area contributed by atoms with E-state index in [0.29, 0.717) is 5.75 Å². The van der Waals surface area contributed by atoms with Gasteiger partial charge in [-0.05, 0) is 25.0 Å². The third-order valence-corrected chi connectivity index (χ3v) is 3.89. The first kappa shape index (κ1) is 17.7. The minimum atomic E-state index is -1.32. The molecule has 0 unspecified atom stereocenters. The molecule has 1 saturated heterocycles. The van der Waals surface area contributed by atoms with E-state index in [1.807, 2.05) is 32.0 Å². The number of amides is 1. The molecule has 7 heteroatoms. The summed E-state index contributed by atoms with van der Waals surface area (Å²) in [7, 11) is 0. The number of para-hydroxylation sites is 1. The van der Waals surface area contributed by atoms with Crippen LogP contribution in [0.4, 0.5) is 0 Å². The Morgan fingerprint density at radius 1 is 1.26 bits per heavy atom. The molecule has 0 aromatic heterocycles. The van der Waals surface area contributed by atoms with Gasteiger partial charge < -0.3 is 30.1 Å². The zero-order chi connectivity index (χ0) is 17.1. The Balaban J connectivity index is 2.29. The van der Waals surface area contributed by atoms with Crippen LogP contribution in [0.2, 0.25) is 0 Å². The van der Waals surface area contributed by atoms with E-state index in [1.54, 1.807) is 0 Å². The first-order valence-corrected chi connectivity index (χ1v) is 7.47. The standard InChI is InChI=1S/C16H23NO6/c1-8-5-4-6-9(2)15(8)23-16-12(17-10(3)19)14(21)13(20)11(7-18)22-16/h4-6,11-14,16,18,20-21H,7H2,1-3H3,(H,17,19)/t11-,12+,13-,14+,16+/m1/s1. The van der Waals surface area contributed by atoms with Crippen molar-refractivity contribution >= 4 is 5.91 Å². The van der Waals surface area contributed by atoms with E-state index in [9.17, 15) is 20.1 Å². The normalized spacial score (nSPS) is 30.8. The van der Waals surface area contributed by atoms with Crippen molar-refractivity contribution in [2.24, 2.45) is 0 Å². The van der Waals surface area contributed by atoms with Gasteiger partial charge in [0.2, 0.25) is 12.2 Å². The summed E-state index contributed by atoms with van der Waals surface area (Å²) in [6.45, 7) is 4.56. The van der Waals surface area contributed by atoms with E-state index in [2.05, 4.69) is 5.32 Å². The summed E-state index contributed by atoms with van der Waals surface area (Å²) in [6, 6.07) is 4.67. The summed E-state index contributed by atoms with van der Waals surface area (Å²) < 4.78 is 11.4. The van der Waals surface area contributed by atoms with E-state index in [1.165, 1.54) is 6.92 Å². The molecule has 1 heterocycles. The molecule has 128 valence electrons.